The second-order valence-corrected chi connectivity index (χ2v) is 7.95. The van der Waals surface area contributed by atoms with E-state index in [0.717, 1.165) is 41.0 Å². The fraction of sp³-hybridized carbons (Fsp3) is 0.368. The number of hydrogen-bond donors (Lipinski definition) is 2. The Morgan fingerprint density at radius 3 is 2.75 bits per heavy atom. The first-order chi connectivity index (χ1) is 13.6. The quantitative estimate of drug-likeness (QED) is 0.641. The van der Waals surface area contributed by atoms with Crippen molar-refractivity contribution in [3.8, 4) is 10.6 Å². The number of carboxylic acid groups (broad SMARTS) is 1. The minimum absolute atomic E-state index is 0.0519. The molecule has 2 atom stereocenters. The van der Waals surface area contributed by atoms with Gasteiger partial charge in [-0.25, -0.2) is 4.98 Å². The highest BCUT2D eigenvalue weighted by molar-refractivity contribution is 7.13. The smallest absolute Gasteiger partial charge is 0.290 e. The zero-order chi connectivity index (χ0) is 19.7. The highest BCUT2D eigenvalue weighted by Crippen LogP contribution is 2.31. The number of benzene rings is 1. The number of aromatic amines is 1. The summed E-state index contributed by atoms with van der Waals surface area (Å²) in [5, 5.41) is 18.1. The van der Waals surface area contributed by atoms with Crippen LogP contribution in [0.2, 0.25) is 0 Å². The molecule has 2 unspecified atom stereocenters. The number of amides is 1. The molecule has 0 saturated carbocycles. The number of likely N-dealkylation sites (N-methyl/N-ethyl adjacent to an activating group) is 1. The lowest BCUT2D eigenvalue weighted by Gasteiger charge is -2.50. The molecule has 3 aliphatic heterocycles. The van der Waals surface area contributed by atoms with Gasteiger partial charge in [0.1, 0.15) is 5.01 Å². The molecule has 3 aromatic rings. The van der Waals surface area contributed by atoms with E-state index < -0.39 is 0 Å². The third kappa shape index (κ3) is 3.27. The van der Waals surface area contributed by atoms with Crippen LogP contribution in [0.5, 0.6) is 0 Å². The van der Waals surface area contributed by atoms with Crippen LogP contribution >= 0.6 is 11.3 Å². The van der Waals surface area contributed by atoms with E-state index in [4.69, 9.17) is 9.90 Å². The number of thiazole rings is 1. The van der Waals surface area contributed by atoms with E-state index in [1.165, 1.54) is 6.42 Å². The maximum absolute atomic E-state index is 13.1. The number of nitrogens with one attached hydrogen (secondary N) is 1. The topological polar surface area (TPSA) is 102 Å². The summed E-state index contributed by atoms with van der Waals surface area (Å²) < 4.78 is 0. The number of nitrogens with zero attached hydrogens (tertiary/aromatic N) is 4. The Hall–Kier alpha value is -2.78. The summed E-state index contributed by atoms with van der Waals surface area (Å²) in [5.74, 6) is 0.0519. The van der Waals surface area contributed by atoms with Crippen LogP contribution in [-0.2, 0) is 4.79 Å². The van der Waals surface area contributed by atoms with E-state index in [-0.39, 0.29) is 12.4 Å². The van der Waals surface area contributed by atoms with Gasteiger partial charge < -0.3 is 10.0 Å². The predicted molar refractivity (Wildman–Crippen MR) is 106 cm³/mol. The van der Waals surface area contributed by atoms with Crippen molar-refractivity contribution in [1.82, 2.24) is 25.0 Å². The molecule has 1 aromatic carbocycles. The van der Waals surface area contributed by atoms with E-state index in [1.54, 1.807) is 17.5 Å². The molecular weight excluding hydrogens is 378 g/mol. The van der Waals surface area contributed by atoms with Crippen LogP contribution in [0, 0.1) is 0 Å². The van der Waals surface area contributed by atoms with Gasteiger partial charge in [-0.05, 0) is 32.0 Å². The first-order valence-corrected chi connectivity index (χ1v) is 9.97. The highest BCUT2D eigenvalue weighted by atomic mass is 32.1. The first-order valence-electron chi connectivity index (χ1n) is 9.09. The summed E-state index contributed by atoms with van der Waals surface area (Å²) in [6.45, 7) is 1.53. The van der Waals surface area contributed by atoms with Crippen LogP contribution < -0.4 is 0 Å². The van der Waals surface area contributed by atoms with Crippen LogP contribution in [-0.4, -0.2) is 74.7 Å². The van der Waals surface area contributed by atoms with Gasteiger partial charge in [0.2, 0.25) is 0 Å². The van der Waals surface area contributed by atoms with Crippen LogP contribution in [0.4, 0.5) is 0 Å². The number of hydrogen-bond acceptors (Lipinski definition) is 6. The van der Waals surface area contributed by atoms with Gasteiger partial charge in [0.05, 0.1) is 5.52 Å². The molecule has 5 heterocycles. The zero-order valence-corrected chi connectivity index (χ0v) is 16.2. The van der Waals surface area contributed by atoms with Crippen LogP contribution in [0.15, 0.2) is 29.8 Å². The molecule has 3 saturated heterocycles. The van der Waals surface area contributed by atoms with E-state index >= 15 is 0 Å². The second kappa shape index (κ2) is 7.69. The minimum atomic E-state index is -0.250. The average molecular weight is 399 g/mol. The molecule has 28 heavy (non-hydrogen) atoms. The van der Waals surface area contributed by atoms with Crippen molar-refractivity contribution in [1.29, 1.82) is 0 Å². The van der Waals surface area contributed by atoms with Gasteiger partial charge in [-0.2, -0.15) is 5.10 Å². The molecule has 2 aromatic heterocycles. The Bertz CT molecular complexity index is 987. The largest absolute Gasteiger partial charge is 0.483 e. The van der Waals surface area contributed by atoms with Gasteiger partial charge >= 0.3 is 0 Å². The van der Waals surface area contributed by atoms with Crippen molar-refractivity contribution >= 4 is 34.6 Å². The first kappa shape index (κ1) is 18.6. The number of piperidine rings is 2. The van der Waals surface area contributed by atoms with Crippen molar-refractivity contribution in [2.24, 2.45) is 0 Å². The molecule has 0 aliphatic carbocycles. The van der Waals surface area contributed by atoms with Gasteiger partial charge in [-0.3, -0.25) is 19.6 Å². The van der Waals surface area contributed by atoms with E-state index in [2.05, 4.69) is 27.1 Å². The lowest BCUT2D eigenvalue weighted by molar-refractivity contribution is -0.122. The predicted octanol–water partition coefficient (Wildman–Crippen LogP) is 2.31. The Kier molecular flexibility index (Phi) is 5.10. The third-order valence-corrected chi connectivity index (χ3v) is 6.33. The zero-order valence-electron chi connectivity index (χ0n) is 15.4. The summed E-state index contributed by atoms with van der Waals surface area (Å²) in [7, 11) is 2.16. The maximum atomic E-state index is 13.1. The van der Waals surface area contributed by atoms with Crippen LogP contribution in [0.25, 0.3) is 21.5 Å². The minimum Gasteiger partial charge on any atom is -0.483 e. The molecule has 9 heteroatoms. The fourth-order valence-corrected chi connectivity index (χ4v) is 4.74. The van der Waals surface area contributed by atoms with E-state index in [0.29, 0.717) is 17.8 Å². The Balaban J connectivity index is 0.000000604. The molecular formula is C19H21N5O3S. The van der Waals surface area contributed by atoms with E-state index in [1.807, 2.05) is 28.5 Å². The molecule has 1 amide bonds. The molecule has 8 nitrogen and oxygen atoms in total. The van der Waals surface area contributed by atoms with Crippen molar-refractivity contribution in [3.05, 3.63) is 35.5 Å². The van der Waals surface area contributed by atoms with Gasteiger partial charge in [0, 0.05) is 47.7 Å². The number of carbonyl (C=O) groups is 2. The SMILES string of the molecule is CN1CC2CCC1CN2C(=O)c1n[nH]c2cc(-c3nccs3)ccc12.O=CO. The van der Waals surface area contributed by atoms with Crippen molar-refractivity contribution in [3.63, 3.8) is 0 Å². The molecule has 2 bridgehead atoms. The van der Waals surface area contributed by atoms with Gasteiger partial charge in [0.25, 0.3) is 12.4 Å². The van der Waals surface area contributed by atoms with Crippen LogP contribution in [0.1, 0.15) is 23.3 Å². The average Bonchev–Trinajstić information content (AvgIpc) is 3.38. The normalized spacial score (nSPS) is 21.4. The summed E-state index contributed by atoms with van der Waals surface area (Å²) >= 11 is 1.60. The second-order valence-electron chi connectivity index (χ2n) is 7.06. The third-order valence-electron chi connectivity index (χ3n) is 5.51. The monoisotopic (exact) mass is 399 g/mol. The standard InChI is InChI=1S/C18H19N5OS.CH2O2/c1-22-9-13-4-3-12(22)10-23(13)18(24)16-14-5-2-11(8-15(14)20-21-16)17-19-6-7-25-17;2-1-3/h2,5-8,12-13H,3-4,9-10H2,1H3,(H,20,21);1H,(H,2,3). The highest BCUT2D eigenvalue weighted by Gasteiger charge is 2.40. The lowest BCUT2D eigenvalue weighted by Crippen LogP contribution is -2.62. The Labute approximate surface area is 165 Å². The Morgan fingerprint density at radius 2 is 2.11 bits per heavy atom. The Morgan fingerprint density at radius 1 is 1.32 bits per heavy atom. The van der Waals surface area contributed by atoms with E-state index in [9.17, 15) is 4.79 Å². The molecule has 3 aliphatic rings. The maximum Gasteiger partial charge on any atom is 0.290 e. The number of rotatable bonds is 2. The summed E-state index contributed by atoms with van der Waals surface area (Å²) in [6, 6.07) is 6.81. The van der Waals surface area contributed by atoms with Crippen molar-refractivity contribution in [2.45, 2.75) is 24.9 Å². The summed E-state index contributed by atoms with van der Waals surface area (Å²) in [6.07, 6.45) is 4.08. The van der Waals surface area contributed by atoms with Gasteiger partial charge in [-0.15, -0.1) is 11.3 Å². The number of carbonyl (C=O) groups excluding carboxylic acids is 1. The molecule has 6 rings (SSSR count). The van der Waals surface area contributed by atoms with Crippen molar-refractivity contribution < 1.29 is 14.7 Å². The molecule has 0 spiro atoms. The van der Waals surface area contributed by atoms with Gasteiger partial charge in [-0.1, -0.05) is 6.07 Å². The molecule has 0 radical (unpaired) electrons. The fourth-order valence-electron chi connectivity index (χ4n) is 4.11. The molecule has 2 N–H and O–H groups in total. The summed E-state index contributed by atoms with van der Waals surface area (Å²) in [4.78, 5) is 30.2. The molecule has 146 valence electrons. The number of fused-ring (bicyclic) bond motifs is 4. The van der Waals surface area contributed by atoms with Crippen molar-refractivity contribution in [2.75, 3.05) is 20.1 Å². The lowest BCUT2D eigenvalue weighted by atomic mass is 9.91. The summed E-state index contributed by atoms with van der Waals surface area (Å²) in [5.41, 5.74) is 2.47. The van der Waals surface area contributed by atoms with Gasteiger partial charge in [0.15, 0.2) is 5.69 Å². The van der Waals surface area contributed by atoms with Crippen LogP contribution in [0.3, 0.4) is 0 Å². The number of H-pyrrole nitrogens is 1. The number of piperazine rings is 1. The molecule has 3 fully saturated rings. The number of aromatic nitrogens is 3.